The molecule has 0 spiro atoms. The van der Waals surface area contributed by atoms with Gasteiger partial charge in [-0.05, 0) is 18.6 Å². The van der Waals surface area contributed by atoms with Gasteiger partial charge in [-0.25, -0.2) is 13.6 Å². The maximum Gasteiger partial charge on any atom is 0.319 e. The maximum absolute atomic E-state index is 14.0. The predicted molar refractivity (Wildman–Crippen MR) is 88.3 cm³/mol. The third kappa shape index (κ3) is 2.70. The number of rotatable bonds is 3. The molecule has 1 aromatic carbocycles. The summed E-state index contributed by atoms with van der Waals surface area (Å²) in [7, 11) is 3.11. The van der Waals surface area contributed by atoms with Crippen molar-refractivity contribution in [1.29, 1.82) is 0 Å². The summed E-state index contributed by atoms with van der Waals surface area (Å²) in [6.07, 6.45) is 1.08. The topological polar surface area (TPSA) is 53.6 Å². The van der Waals surface area contributed by atoms with Crippen LogP contribution in [0.2, 0.25) is 0 Å². The van der Waals surface area contributed by atoms with Crippen LogP contribution in [0, 0.1) is 23.0 Å². The van der Waals surface area contributed by atoms with Crippen molar-refractivity contribution in [3.63, 3.8) is 0 Å². The van der Waals surface area contributed by atoms with Gasteiger partial charge in [-0.3, -0.25) is 0 Å². The fourth-order valence-electron chi connectivity index (χ4n) is 3.99. The van der Waals surface area contributed by atoms with E-state index in [1.54, 1.807) is 14.1 Å². The van der Waals surface area contributed by atoms with E-state index in [-0.39, 0.29) is 28.9 Å². The number of fused-ring (bicyclic) bond motifs is 1. The first-order valence-electron chi connectivity index (χ1n) is 8.07. The van der Waals surface area contributed by atoms with Crippen LogP contribution in [0.3, 0.4) is 0 Å². The van der Waals surface area contributed by atoms with Gasteiger partial charge >= 0.3 is 6.03 Å². The summed E-state index contributed by atoms with van der Waals surface area (Å²) >= 11 is 0. The van der Waals surface area contributed by atoms with Gasteiger partial charge in [0.05, 0.1) is 6.10 Å². The smallest absolute Gasteiger partial charge is 0.319 e. The number of amides is 2. The molecule has 2 fully saturated rings. The molecule has 0 unspecified atom stereocenters. The van der Waals surface area contributed by atoms with E-state index < -0.39 is 17.7 Å². The predicted octanol–water partition coefficient (Wildman–Crippen LogP) is 2.97. The third-order valence-corrected chi connectivity index (χ3v) is 5.11. The van der Waals surface area contributed by atoms with Gasteiger partial charge in [-0.1, -0.05) is 13.8 Å². The summed E-state index contributed by atoms with van der Waals surface area (Å²) < 4.78 is 33.7. The number of nitrogens with one attached hydrogen (secondary N) is 2. The standard InChI is InChI=1S/C17H23F2N3O2/c1-17(2)14(10-5-6-24-15(10)17)21-16(23)20-9-7-11(18)13(22(3)4)12(19)8-9/h7-8,10,14-15H,5-6H2,1-4H3,(H2,20,21,23)/t10-,14+,15+/m0/s1. The van der Waals surface area contributed by atoms with E-state index in [9.17, 15) is 13.6 Å². The summed E-state index contributed by atoms with van der Waals surface area (Å²) in [4.78, 5) is 13.6. The highest BCUT2D eigenvalue weighted by atomic mass is 19.1. The Balaban J connectivity index is 1.68. The lowest BCUT2D eigenvalue weighted by Gasteiger charge is -2.54. The van der Waals surface area contributed by atoms with Gasteiger partial charge in [0.25, 0.3) is 0 Å². The second kappa shape index (κ2) is 5.88. The molecule has 2 N–H and O–H groups in total. The van der Waals surface area contributed by atoms with E-state index in [1.807, 2.05) is 0 Å². The number of nitrogens with zero attached hydrogens (tertiary/aromatic N) is 1. The Labute approximate surface area is 140 Å². The Kier molecular flexibility index (Phi) is 4.15. The number of carbonyl (C=O) groups is 1. The van der Waals surface area contributed by atoms with Gasteiger partial charge in [0, 0.05) is 43.8 Å². The molecule has 1 saturated heterocycles. The minimum Gasteiger partial charge on any atom is -0.377 e. The molecule has 3 atom stereocenters. The first-order chi connectivity index (χ1) is 11.2. The molecule has 1 aliphatic carbocycles. The average molecular weight is 339 g/mol. The fraction of sp³-hybridized carbons (Fsp3) is 0.588. The number of ether oxygens (including phenoxy) is 1. The first-order valence-corrected chi connectivity index (χ1v) is 8.07. The van der Waals surface area contributed by atoms with Crippen molar-refractivity contribution in [1.82, 2.24) is 5.32 Å². The molecule has 1 saturated carbocycles. The molecular formula is C17H23F2N3O2. The molecule has 1 heterocycles. The molecule has 3 rings (SSSR count). The lowest BCUT2D eigenvalue weighted by molar-refractivity contribution is -0.107. The molecule has 2 amide bonds. The summed E-state index contributed by atoms with van der Waals surface area (Å²) in [5, 5.41) is 5.43. The Hall–Kier alpha value is -1.89. The number of carbonyl (C=O) groups excluding carboxylic acids is 1. The zero-order valence-corrected chi connectivity index (χ0v) is 14.3. The number of halogens is 2. The van der Waals surface area contributed by atoms with Gasteiger partial charge in [-0.2, -0.15) is 0 Å². The Bertz CT molecular complexity index is 640. The van der Waals surface area contributed by atoms with Gasteiger partial charge in [0.1, 0.15) is 5.69 Å². The molecule has 0 bridgehead atoms. The van der Waals surface area contributed by atoms with Gasteiger partial charge in [0.2, 0.25) is 0 Å². The van der Waals surface area contributed by atoms with Crippen LogP contribution in [0.5, 0.6) is 0 Å². The van der Waals surface area contributed by atoms with Crippen LogP contribution in [0.25, 0.3) is 0 Å². The van der Waals surface area contributed by atoms with Crippen molar-refractivity contribution in [3.8, 4) is 0 Å². The lowest BCUT2D eigenvalue weighted by Crippen LogP contribution is -2.67. The van der Waals surface area contributed by atoms with Crippen LogP contribution in [-0.4, -0.2) is 38.9 Å². The van der Waals surface area contributed by atoms with E-state index in [0.29, 0.717) is 12.5 Å². The van der Waals surface area contributed by atoms with Gasteiger partial charge in [0.15, 0.2) is 11.6 Å². The fourth-order valence-corrected chi connectivity index (χ4v) is 3.99. The number of hydrogen-bond donors (Lipinski definition) is 2. The zero-order chi connectivity index (χ0) is 17.6. The Morgan fingerprint density at radius 1 is 1.29 bits per heavy atom. The van der Waals surface area contributed by atoms with E-state index in [1.165, 1.54) is 4.90 Å². The van der Waals surface area contributed by atoms with Crippen molar-refractivity contribution in [2.45, 2.75) is 32.4 Å². The average Bonchev–Trinajstić information content (AvgIpc) is 2.90. The SMILES string of the molecule is CN(C)c1c(F)cc(NC(=O)N[C@@H]2[C@@H]3CCO[C@H]3C2(C)C)cc1F. The van der Waals surface area contributed by atoms with E-state index >= 15 is 0 Å². The second-order valence-electron chi connectivity index (χ2n) is 7.32. The zero-order valence-electron chi connectivity index (χ0n) is 14.3. The monoisotopic (exact) mass is 339 g/mol. The van der Waals surface area contributed by atoms with Crippen molar-refractivity contribution >= 4 is 17.4 Å². The minimum absolute atomic E-state index is 0.0132. The third-order valence-electron chi connectivity index (χ3n) is 5.11. The van der Waals surface area contributed by atoms with E-state index in [4.69, 9.17) is 4.74 Å². The maximum atomic E-state index is 14.0. The lowest BCUT2D eigenvalue weighted by atomic mass is 9.57. The highest BCUT2D eigenvalue weighted by Crippen LogP contribution is 2.52. The molecular weight excluding hydrogens is 316 g/mol. The van der Waals surface area contributed by atoms with E-state index in [0.717, 1.165) is 18.6 Å². The van der Waals surface area contributed by atoms with Crippen LogP contribution in [0.1, 0.15) is 20.3 Å². The number of benzene rings is 1. The van der Waals surface area contributed by atoms with Crippen molar-refractivity contribution in [2.24, 2.45) is 11.3 Å². The quantitative estimate of drug-likeness (QED) is 0.890. The van der Waals surface area contributed by atoms with Crippen molar-refractivity contribution < 1.29 is 18.3 Å². The molecule has 2 aliphatic rings. The Morgan fingerprint density at radius 2 is 1.92 bits per heavy atom. The Morgan fingerprint density at radius 3 is 2.50 bits per heavy atom. The molecule has 5 nitrogen and oxygen atoms in total. The normalized spacial score (nSPS) is 27.2. The van der Waals surface area contributed by atoms with Gasteiger partial charge in [-0.15, -0.1) is 0 Å². The molecule has 0 aromatic heterocycles. The van der Waals surface area contributed by atoms with E-state index in [2.05, 4.69) is 24.5 Å². The van der Waals surface area contributed by atoms with Gasteiger partial charge < -0.3 is 20.3 Å². The van der Waals surface area contributed by atoms with Crippen molar-refractivity contribution in [2.75, 3.05) is 30.9 Å². The van der Waals surface area contributed by atoms with Crippen LogP contribution in [-0.2, 0) is 4.74 Å². The number of urea groups is 1. The van der Waals surface area contributed by atoms with Crippen LogP contribution in [0.4, 0.5) is 25.0 Å². The number of hydrogen-bond acceptors (Lipinski definition) is 3. The largest absolute Gasteiger partial charge is 0.377 e. The molecule has 24 heavy (non-hydrogen) atoms. The number of anilines is 2. The summed E-state index contributed by atoms with van der Waals surface area (Å²) in [6.45, 7) is 4.81. The first kappa shape index (κ1) is 17.0. The van der Waals surface area contributed by atoms with Crippen molar-refractivity contribution in [3.05, 3.63) is 23.8 Å². The molecule has 7 heteroatoms. The van der Waals surface area contributed by atoms with Crippen LogP contribution < -0.4 is 15.5 Å². The summed E-state index contributed by atoms with van der Waals surface area (Å²) in [5.74, 6) is -1.14. The van der Waals surface area contributed by atoms with Crippen LogP contribution >= 0.6 is 0 Å². The highest BCUT2D eigenvalue weighted by molar-refractivity contribution is 5.90. The summed E-state index contributed by atoms with van der Waals surface area (Å²) in [6, 6.07) is 1.76. The second-order valence-corrected chi connectivity index (χ2v) is 7.32. The molecule has 1 aliphatic heterocycles. The minimum atomic E-state index is -0.719. The molecule has 1 aromatic rings. The summed E-state index contributed by atoms with van der Waals surface area (Å²) in [5.41, 5.74) is -0.194. The van der Waals surface area contributed by atoms with Crippen LogP contribution in [0.15, 0.2) is 12.1 Å². The highest BCUT2D eigenvalue weighted by Gasteiger charge is 2.59. The molecule has 132 valence electrons. The molecule has 0 radical (unpaired) electrons.